The first-order valence-corrected chi connectivity index (χ1v) is 8.19. The van der Waals surface area contributed by atoms with Gasteiger partial charge in [-0.3, -0.25) is 9.89 Å². The Labute approximate surface area is 135 Å². The molecule has 2 heterocycles. The van der Waals surface area contributed by atoms with E-state index in [2.05, 4.69) is 40.5 Å². The smallest absolute Gasteiger partial charge is 0.407 e. The summed E-state index contributed by atoms with van der Waals surface area (Å²) in [5, 5.41) is 9.02. The molecule has 8 heteroatoms. The van der Waals surface area contributed by atoms with Crippen LogP contribution in [0, 0.1) is 0 Å². The highest BCUT2D eigenvalue weighted by Gasteiger charge is 2.22. The van der Waals surface area contributed by atoms with Crippen molar-refractivity contribution in [3.8, 4) is 0 Å². The van der Waals surface area contributed by atoms with Gasteiger partial charge in [0.25, 0.3) is 0 Å². The number of aromatic nitrogens is 1. The van der Waals surface area contributed by atoms with Gasteiger partial charge >= 0.3 is 6.09 Å². The van der Waals surface area contributed by atoms with E-state index in [0.717, 1.165) is 31.0 Å². The van der Waals surface area contributed by atoms with Crippen molar-refractivity contribution in [3.63, 3.8) is 0 Å². The highest BCUT2D eigenvalue weighted by atomic mass is 32.1. The van der Waals surface area contributed by atoms with Gasteiger partial charge in [0, 0.05) is 63.9 Å². The third kappa shape index (κ3) is 3.88. The van der Waals surface area contributed by atoms with Crippen molar-refractivity contribution < 1.29 is 9.90 Å². The third-order valence-corrected chi connectivity index (χ3v) is 5.15. The maximum absolute atomic E-state index is 11.0. The zero-order chi connectivity index (χ0) is 16.3. The lowest BCUT2D eigenvalue weighted by Crippen LogP contribution is -2.48. The molecule has 0 atom stereocenters. The number of amides is 1. The molecule has 1 saturated heterocycles. The molecule has 1 aromatic heterocycles. The maximum Gasteiger partial charge on any atom is 0.407 e. The molecule has 0 aromatic carbocycles. The molecular formula is C14H25N5O2S. The Morgan fingerprint density at radius 2 is 1.95 bits per heavy atom. The molecule has 0 unspecified atom stereocenters. The fourth-order valence-electron chi connectivity index (χ4n) is 2.65. The lowest BCUT2D eigenvalue weighted by molar-refractivity contribution is 0.102. The maximum atomic E-state index is 11.0. The van der Waals surface area contributed by atoms with Crippen LogP contribution < -0.4 is 4.80 Å². The van der Waals surface area contributed by atoms with Crippen LogP contribution in [0.2, 0.25) is 0 Å². The van der Waals surface area contributed by atoms with Crippen LogP contribution in [-0.2, 0) is 20.1 Å². The number of nitrogens with zero attached hydrogens (tertiary/aromatic N) is 5. The van der Waals surface area contributed by atoms with Crippen LogP contribution in [-0.4, -0.2) is 77.8 Å². The summed E-state index contributed by atoms with van der Waals surface area (Å²) < 4.78 is 2.16. The predicted octanol–water partition coefficient (Wildman–Crippen LogP) is 0.474. The van der Waals surface area contributed by atoms with Crippen LogP contribution in [0.3, 0.4) is 0 Å². The Bertz CT molecular complexity index is 585. The monoisotopic (exact) mass is 327 g/mol. The van der Waals surface area contributed by atoms with Crippen LogP contribution in [0.1, 0.15) is 10.6 Å². The van der Waals surface area contributed by atoms with Gasteiger partial charge in [0.05, 0.1) is 0 Å². The fraction of sp³-hybridized carbons (Fsp3) is 0.714. The second kappa shape index (κ2) is 7.26. The second-order valence-electron chi connectivity index (χ2n) is 5.82. The van der Waals surface area contributed by atoms with E-state index in [-0.39, 0.29) is 0 Å². The summed E-state index contributed by atoms with van der Waals surface area (Å²) in [4.78, 5) is 23.6. The summed E-state index contributed by atoms with van der Waals surface area (Å²) in [5.74, 6) is 0. The molecule has 0 saturated carbocycles. The first-order chi connectivity index (χ1) is 10.4. The Morgan fingerprint density at radius 1 is 1.32 bits per heavy atom. The predicted molar refractivity (Wildman–Crippen MR) is 87.0 cm³/mol. The minimum absolute atomic E-state index is 0.581. The molecule has 0 aliphatic carbocycles. The SMILES string of the molecule is C/N=c1\sc(CN(C)C)c(CN2CCN(C(=O)O)CC2)n1C. The minimum atomic E-state index is -0.818. The van der Waals surface area contributed by atoms with E-state index < -0.39 is 6.09 Å². The molecule has 1 fully saturated rings. The van der Waals surface area contributed by atoms with Gasteiger partial charge < -0.3 is 19.5 Å². The van der Waals surface area contributed by atoms with Gasteiger partial charge in [0.1, 0.15) is 0 Å². The summed E-state index contributed by atoms with van der Waals surface area (Å²) >= 11 is 1.73. The normalized spacial score (nSPS) is 17.5. The first-order valence-electron chi connectivity index (χ1n) is 7.37. The van der Waals surface area contributed by atoms with Gasteiger partial charge in [0.15, 0.2) is 4.80 Å². The third-order valence-electron chi connectivity index (χ3n) is 3.90. The standard InChI is InChI=1S/C14H25N5O2S/c1-15-13-17(4)11(12(22-13)10-16(2)3)9-18-5-7-19(8-6-18)14(20)21/h5-10H2,1-4H3,(H,20,21)/b15-13-. The van der Waals surface area contributed by atoms with Gasteiger partial charge in [0.2, 0.25) is 0 Å². The van der Waals surface area contributed by atoms with Gasteiger partial charge in [-0.05, 0) is 14.1 Å². The van der Waals surface area contributed by atoms with Gasteiger partial charge in [-0.15, -0.1) is 11.3 Å². The number of thiazole rings is 1. The molecule has 1 aliphatic heterocycles. The summed E-state index contributed by atoms with van der Waals surface area (Å²) in [6.45, 7) is 4.47. The van der Waals surface area contributed by atoms with Gasteiger partial charge in [-0.2, -0.15) is 0 Å². The van der Waals surface area contributed by atoms with Crippen molar-refractivity contribution >= 4 is 17.4 Å². The van der Waals surface area contributed by atoms with E-state index in [1.54, 1.807) is 11.3 Å². The van der Waals surface area contributed by atoms with E-state index in [4.69, 9.17) is 5.11 Å². The van der Waals surface area contributed by atoms with Crippen LogP contribution in [0.25, 0.3) is 0 Å². The van der Waals surface area contributed by atoms with E-state index in [9.17, 15) is 4.79 Å². The van der Waals surface area contributed by atoms with Crippen LogP contribution in [0.5, 0.6) is 0 Å². The number of carboxylic acid groups (broad SMARTS) is 1. The largest absolute Gasteiger partial charge is 0.465 e. The van der Waals surface area contributed by atoms with Crippen molar-refractivity contribution in [3.05, 3.63) is 15.4 Å². The number of piperazine rings is 1. The lowest BCUT2D eigenvalue weighted by Gasteiger charge is -2.33. The minimum Gasteiger partial charge on any atom is -0.465 e. The van der Waals surface area contributed by atoms with Crippen LogP contribution in [0.4, 0.5) is 4.79 Å². The molecular weight excluding hydrogens is 302 g/mol. The topological polar surface area (TPSA) is 64.3 Å². The van der Waals surface area contributed by atoms with Gasteiger partial charge in [-0.25, -0.2) is 4.79 Å². The first kappa shape index (κ1) is 17.0. The fourth-order valence-corrected chi connectivity index (χ4v) is 3.85. The van der Waals surface area contributed by atoms with Crippen LogP contribution >= 0.6 is 11.3 Å². The molecule has 22 heavy (non-hydrogen) atoms. The average molecular weight is 327 g/mol. The summed E-state index contributed by atoms with van der Waals surface area (Å²) in [5.41, 5.74) is 1.28. The molecule has 0 radical (unpaired) electrons. The molecule has 0 bridgehead atoms. The number of carbonyl (C=O) groups is 1. The molecule has 124 valence electrons. The Balaban J connectivity index is 2.12. The Hall–Kier alpha value is -1.38. The number of rotatable bonds is 4. The van der Waals surface area contributed by atoms with Crippen LogP contribution in [0.15, 0.2) is 4.99 Å². The summed E-state index contributed by atoms with van der Waals surface area (Å²) in [7, 11) is 8.01. The van der Waals surface area contributed by atoms with E-state index >= 15 is 0 Å². The average Bonchev–Trinajstić information content (AvgIpc) is 2.75. The van der Waals surface area contributed by atoms with Crippen molar-refractivity contribution in [2.45, 2.75) is 13.1 Å². The van der Waals surface area contributed by atoms with Crippen molar-refractivity contribution in [2.75, 3.05) is 47.3 Å². The Morgan fingerprint density at radius 3 is 2.45 bits per heavy atom. The van der Waals surface area contributed by atoms with Crippen molar-refractivity contribution in [1.82, 2.24) is 19.3 Å². The van der Waals surface area contributed by atoms with Crippen molar-refractivity contribution in [1.29, 1.82) is 0 Å². The zero-order valence-electron chi connectivity index (χ0n) is 13.7. The highest BCUT2D eigenvalue weighted by molar-refractivity contribution is 7.09. The summed E-state index contributed by atoms with van der Waals surface area (Å²) in [6, 6.07) is 0. The molecule has 2 rings (SSSR count). The zero-order valence-corrected chi connectivity index (χ0v) is 14.6. The van der Waals surface area contributed by atoms with E-state index in [0.29, 0.717) is 13.1 Å². The second-order valence-corrected chi connectivity index (χ2v) is 6.88. The van der Waals surface area contributed by atoms with Gasteiger partial charge in [-0.1, -0.05) is 0 Å². The molecule has 1 aromatic rings. The summed E-state index contributed by atoms with van der Waals surface area (Å²) in [6.07, 6.45) is -0.818. The molecule has 0 spiro atoms. The highest BCUT2D eigenvalue weighted by Crippen LogP contribution is 2.17. The molecule has 7 nitrogen and oxygen atoms in total. The number of hydrogen-bond donors (Lipinski definition) is 1. The Kier molecular flexibility index (Phi) is 5.60. The molecule has 1 aliphatic rings. The van der Waals surface area contributed by atoms with E-state index in [1.165, 1.54) is 15.5 Å². The lowest BCUT2D eigenvalue weighted by atomic mass is 10.2. The number of hydrogen-bond acceptors (Lipinski definition) is 5. The van der Waals surface area contributed by atoms with E-state index in [1.807, 2.05) is 7.05 Å². The molecule has 1 N–H and O–H groups in total. The van der Waals surface area contributed by atoms with Crippen molar-refractivity contribution in [2.24, 2.45) is 12.0 Å². The quantitative estimate of drug-likeness (QED) is 0.873. The molecule has 1 amide bonds.